The Bertz CT molecular complexity index is 629. The van der Waals surface area contributed by atoms with Gasteiger partial charge in [0.05, 0.1) is 5.54 Å². The minimum absolute atomic E-state index is 0.0620. The number of amides is 1. The molecule has 0 spiro atoms. The van der Waals surface area contributed by atoms with E-state index in [-0.39, 0.29) is 11.4 Å². The molecule has 1 aliphatic rings. The summed E-state index contributed by atoms with van der Waals surface area (Å²) in [6, 6.07) is 21.8. The van der Waals surface area contributed by atoms with E-state index in [2.05, 4.69) is 65.6 Å². The molecule has 1 heterocycles. The van der Waals surface area contributed by atoms with Crippen molar-refractivity contribution < 1.29 is 4.79 Å². The lowest BCUT2D eigenvalue weighted by atomic mass is 9.75. The summed E-state index contributed by atoms with van der Waals surface area (Å²) in [7, 11) is 0. The zero-order valence-corrected chi connectivity index (χ0v) is 14.9. The summed E-state index contributed by atoms with van der Waals surface area (Å²) < 4.78 is 0. The minimum atomic E-state index is -0.198. The molecule has 2 aromatic carbocycles. The van der Waals surface area contributed by atoms with Crippen molar-refractivity contribution in [1.29, 1.82) is 0 Å². The van der Waals surface area contributed by atoms with Crippen LogP contribution in [0.3, 0.4) is 0 Å². The van der Waals surface area contributed by atoms with Gasteiger partial charge in [0, 0.05) is 6.42 Å². The highest BCUT2D eigenvalue weighted by molar-refractivity contribution is 5.73. The second-order valence-corrected chi connectivity index (χ2v) is 6.96. The van der Waals surface area contributed by atoms with Gasteiger partial charge in [-0.15, -0.1) is 0 Å². The Morgan fingerprint density at radius 2 is 1.52 bits per heavy atom. The quantitative estimate of drug-likeness (QED) is 0.775. The maximum atomic E-state index is 11.0. The van der Waals surface area contributed by atoms with Gasteiger partial charge in [0.2, 0.25) is 5.91 Å². The minimum Gasteiger partial charge on any atom is -0.370 e. The highest BCUT2D eigenvalue weighted by atomic mass is 16.1. The Balaban J connectivity index is 1.92. The normalized spacial score (nSPS) is 17.3. The van der Waals surface area contributed by atoms with Crippen LogP contribution >= 0.6 is 0 Å². The van der Waals surface area contributed by atoms with Gasteiger partial charge in [0.1, 0.15) is 0 Å². The van der Waals surface area contributed by atoms with Gasteiger partial charge in [-0.25, -0.2) is 0 Å². The van der Waals surface area contributed by atoms with Crippen molar-refractivity contribution >= 4 is 5.91 Å². The van der Waals surface area contributed by atoms with Crippen molar-refractivity contribution in [1.82, 2.24) is 4.90 Å². The lowest BCUT2D eigenvalue weighted by Gasteiger charge is -2.48. The summed E-state index contributed by atoms with van der Waals surface area (Å²) in [5.74, 6) is -0.198. The molecule has 132 valence electrons. The molecule has 0 radical (unpaired) electrons. The smallest absolute Gasteiger partial charge is 0.217 e. The topological polar surface area (TPSA) is 46.3 Å². The summed E-state index contributed by atoms with van der Waals surface area (Å²) in [6.07, 6.45) is 5.96. The second kappa shape index (κ2) is 8.30. The largest absolute Gasteiger partial charge is 0.370 e. The molecule has 3 heteroatoms. The Morgan fingerprint density at radius 1 is 0.920 bits per heavy atom. The highest BCUT2D eigenvalue weighted by Gasteiger charge is 2.41. The number of nitrogens with two attached hydrogens (primary N) is 1. The molecule has 2 aromatic rings. The van der Waals surface area contributed by atoms with Crippen LogP contribution in [0.25, 0.3) is 0 Å². The number of carbonyl (C=O) groups excluding carboxylic acids is 1. The van der Waals surface area contributed by atoms with Gasteiger partial charge >= 0.3 is 0 Å². The predicted octanol–water partition coefficient (Wildman–Crippen LogP) is 4.07. The van der Waals surface area contributed by atoms with Crippen LogP contribution in [0, 0.1) is 0 Å². The van der Waals surface area contributed by atoms with Crippen molar-refractivity contribution in [3.8, 4) is 0 Å². The van der Waals surface area contributed by atoms with Crippen LogP contribution in [-0.2, 0) is 10.3 Å². The number of hydrogen-bond acceptors (Lipinski definition) is 2. The fourth-order valence-electron chi connectivity index (χ4n) is 4.19. The van der Waals surface area contributed by atoms with Gasteiger partial charge in [0.25, 0.3) is 0 Å². The van der Waals surface area contributed by atoms with E-state index in [1.165, 1.54) is 24.0 Å². The molecule has 3 rings (SSSR count). The number of benzene rings is 2. The SMILES string of the molecule is NC(=O)CCCCN1CCCCC1(c1ccccc1)c1ccccc1. The first kappa shape index (κ1) is 17.7. The molecule has 0 aliphatic carbocycles. The van der Waals surface area contributed by atoms with Crippen LogP contribution in [-0.4, -0.2) is 23.9 Å². The summed E-state index contributed by atoms with van der Waals surface area (Å²) in [4.78, 5) is 13.7. The van der Waals surface area contributed by atoms with Crippen molar-refractivity contribution in [2.45, 2.75) is 44.1 Å². The van der Waals surface area contributed by atoms with Crippen molar-refractivity contribution in [3.05, 3.63) is 71.8 Å². The van der Waals surface area contributed by atoms with Gasteiger partial charge in [-0.1, -0.05) is 60.7 Å². The molecule has 1 saturated heterocycles. The Hall–Kier alpha value is -2.13. The number of unbranched alkanes of at least 4 members (excludes halogenated alkanes) is 1. The maximum absolute atomic E-state index is 11.0. The third-order valence-corrected chi connectivity index (χ3v) is 5.36. The monoisotopic (exact) mass is 336 g/mol. The molecule has 25 heavy (non-hydrogen) atoms. The number of carbonyl (C=O) groups is 1. The van der Waals surface area contributed by atoms with Gasteiger partial charge in [-0.05, 0) is 56.3 Å². The maximum Gasteiger partial charge on any atom is 0.217 e. The van der Waals surface area contributed by atoms with E-state index >= 15 is 0 Å². The van der Waals surface area contributed by atoms with Crippen LogP contribution in [0.1, 0.15) is 49.7 Å². The van der Waals surface area contributed by atoms with Crippen LogP contribution in [0.15, 0.2) is 60.7 Å². The van der Waals surface area contributed by atoms with E-state index < -0.39 is 0 Å². The summed E-state index contributed by atoms with van der Waals surface area (Å²) in [5.41, 5.74) is 7.97. The molecular formula is C22H28N2O. The van der Waals surface area contributed by atoms with E-state index in [9.17, 15) is 4.79 Å². The molecule has 1 amide bonds. The third-order valence-electron chi connectivity index (χ3n) is 5.36. The highest BCUT2D eigenvalue weighted by Crippen LogP contribution is 2.43. The summed E-state index contributed by atoms with van der Waals surface area (Å²) >= 11 is 0. The number of hydrogen-bond donors (Lipinski definition) is 1. The first-order chi connectivity index (χ1) is 12.2. The molecule has 0 atom stereocenters. The van der Waals surface area contributed by atoms with Crippen LogP contribution < -0.4 is 5.73 Å². The lowest BCUT2D eigenvalue weighted by Crippen LogP contribution is -2.50. The van der Waals surface area contributed by atoms with Crippen LogP contribution in [0.4, 0.5) is 0 Å². The Labute approximate surface area is 150 Å². The average molecular weight is 336 g/mol. The Kier molecular flexibility index (Phi) is 5.87. The number of piperidine rings is 1. The van der Waals surface area contributed by atoms with E-state index in [0.717, 1.165) is 32.4 Å². The standard InChI is InChI=1S/C22H28N2O/c23-21(25)15-7-9-17-24-18-10-8-16-22(24,19-11-3-1-4-12-19)20-13-5-2-6-14-20/h1-6,11-14H,7-10,15-18H2,(H2,23,25). The number of rotatable bonds is 7. The fraction of sp³-hybridized carbons (Fsp3) is 0.409. The van der Waals surface area contributed by atoms with Crippen molar-refractivity contribution in [3.63, 3.8) is 0 Å². The summed E-state index contributed by atoms with van der Waals surface area (Å²) in [5, 5.41) is 0. The van der Waals surface area contributed by atoms with Gasteiger partial charge in [0.15, 0.2) is 0 Å². The molecule has 0 aromatic heterocycles. The second-order valence-electron chi connectivity index (χ2n) is 6.96. The third kappa shape index (κ3) is 3.93. The molecule has 2 N–H and O–H groups in total. The molecule has 0 saturated carbocycles. The first-order valence-corrected chi connectivity index (χ1v) is 9.38. The van der Waals surface area contributed by atoms with Gasteiger partial charge in [-0.2, -0.15) is 0 Å². The molecule has 3 nitrogen and oxygen atoms in total. The van der Waals surface area contributed by atoms with Crippen LogP contribution in [0.2, 0.25) is 0 Å². The van der Waals surface area contributed by atoms with Crippen LogP contribution in [0.5, 0.6) is 0 Å². The zero-order valence-electron chi connectivity index (χ0n) is 14.9. The molecule has 0 unspecified atom stereocenters. The predicted molar refractivity (Wildman–Crippen MR) is 102 cm³/mol. The van der Waals surface area contributed by atoms with E-state index in [1.807, 2.05) is 0 Å². The lowest BCUT2D eigenvalue weighted by molar-refractivity contribution is -0.118. The molecule has 1 fully saturated rings. The van der Waals surface area contributed by atoms with E-state index in [1.54, 1.807) is 0 Å². The Morgan fingerprint density at radius 3 is 2.08 bits per heavy atom. The first-order valence-electron chi connectivity index (χ1n) is 9.38. The van der Waals surface area contributed by atoms with E-state index in [4.69, 9.17) is 5.73 Å². The van der Waals surface area contributed by atoms with Crippen molar-refractivity contribution in [2.24, 2.45) is 5.73 Å². The molecular weight excluding hydrogens is 308 g/mol. The summed E-state index contributed by atoms with van der Waals surface area (Å²) in [6.45, 7) is 2.09. The zero-order chi connectivity index (χ0) is 17.5. The van der Waals surface area contributed by atoms with Crippen molar-refractivity contribution in [2.75, 3.05) is 13.1 Å². The van der Waals surface area contributed by atoms with E-state index in [0.29, 0.717) is 6.42 Å². The molecule has 1 aliphatic heterocycles. The van der Waals surface area contributed by atoms with Gasteiger partial charge in [-0.3, -0.25) is 9.69 Å². The number of primary amides is 1. The molecule has 0 bridgehead atoms. The number of nitrogens with zero attached hydrogens (tertiary/aromatic N) is 1. The fourth-order valence-corrected chi connectivity index (χ4v) is 4.19. The van der Waals surface area contributed by atoms with Gasteiger partial charge < -0.3 is 5.73 Å². The average Bonchev–Trinajstić information content (AvgIpc) is 2.67. The number of likely N-dealkylation sites (tertiary alicyclic amines) is 1.